The van der Waals surface area contributed by atoms with Gasteiger partial charge in [-0.05, 0) is 36.8 Å². The summed E-state index contributed by atoms with van der Waals surface area (Å²) in [5.41, 5.74) is 8.12. The Kier molecular flexibility index (Phi) is 4.39. The third-order valence-corrected chi connectivity index (χ3v) is 3.25. The Balaban J connectivity index is 2.17. The highest BCUT2D eigenvalue weighted by Crippen LogP contribution is 2.23. The third-order valence-electron chi connectivity index (χ3n) is 2.72. The quantitative estimate of drug-likeness (QED) is 0.931. The van der Waals surface area contributed by atoms with Gasteiger partial charge in [0, 0.05) is 11.0 Å². The van der Waals surface area contributed by atoms with Gasteiger partial charge >= 0.3 is 0 Å². The summed E-state index contributed by atoms with van der Waals surface area (Å²) in [6.07, 6.45) is -0.105. The van der Waals surface area contributed by atoms with E-state index in [1.165, 1.54) is 5.56 Å². The predicted molar refractivity (Wildman–Crippen MR) is 77.7 cm³/mol. The molecule has 2 aromatic rings. The molecule has 1 unspecified atom stereocenters. The van der Waals surface area contributed by atoms with Crippen molar-refractivity contribution in [2.45, 2.75) is 13.0 Å². The Morgan fingerprint density at radius 2 is 1.89 bits per heavy atom. The molecule has 0 saturated heterocycles. The molecule has 0 saturated carbocycles. The van der Waals surface area contributed by atoms with Crippen LogP contribution in [-0.4, -0.2) is 6.54 Å². The molecule has 2 N–H and O–H groups in total. The molecule has 0 heterocycles. The van der Waals surface area contributed by atoms with E-state index in [2.05, 4.69) is 35.0 Å². The van der Waals surface area contributed by atoms with Crippen molar-refractivity contribution in [3.8, 4) is 5.75 Å². The van der Waals surface area contributed by atoms with Crippen LogP contribution in [0, 0.1) is 6.92 Å². The minimum Gasteiger partial charge on any atom is -0.484 e. The van der Waals surface area contributed by atoms with Gasteiger partial charge in [-0.15, -0.1) is 0 Å². The highest BCUT2D eigenvalue weighted by atomic mass is 79.9. The van der Waals surface area contributed by atoms with Crippen molar-refractivity contribution < 1.29 is 4.74 Å². The van der Waals surface area contributed by atoms with Gasteiger partial charge in [-0.25, -0.2) is 0 Å². The zero-order chi connectivity index (χ0) is 13.0. The number of benzene rings is 2. The van der Waals surface area contributed by atoms with E-state index in [9.17, 15) is 0 Å². The third kappa shape index (κ3) is 3.34. The van der Waals surface area contributed by atoms with E-state index < -0.39 is 0 Å². The Morgan fingerprint density at radius 3 is 2.50 bits per heavy atom. The van der Waals surface area contributed by atoms with Crippen LogP contribution in [0.2, 0.25) is 0 Å². The monoisotopic (exact) mass is 305 g/mol. The van der Waals surface area contributed by atoms with Crippen LogP contribution in [0.1, 0.15) is 17.2 Å². The molecule has 1 atom stereocenters. The molecule has 3 heteroatoms. The number of nitrogens with two attached hydrogens (primary N) is 1. The van der Waals surface area contributed by atoms with Crippen LogP contribution in [0.4, 0.5) is 0 Å². The minimum atomic E-state index is -0.105. The second kappa shape index (κ2) is 6.03. The van der Waals surface area contributed by atoms with Gasteiger partial charge in [0.05, 0.1) is 0 Å². The molecule has 0 aliphatic heterocycles. The molecule has 0 aliphatic carbocycles. The van der Waals surface area contributed by atoms with E-state index in [1.807, 2.05) is 36.4 Å². The molecule has 94 valence electrons. The first-order valence-electron chi connectivity index (χ1n) is 5.88. The normalized spacial score (nSPS) is 12.2. The van der Waals surface area contributed by atoms with Crippen LogP contribution < -0.4 is 10.5 Å². The molecular weight excluding hydrogens is 290 g/mol. The highest BCUT2D eigenvalue weighted by molar-refractivity contribution is 9.10. The summed E-state index contributed by atoms with van der Waals surface area (Å²) in [6.45, 7) is 2.52. The lowest BCUT2D eigenvalue weighted by Gasteiger charge is -2.18. The highest BCUT2D eigenvalue weighted by Gasteiger charge is 2.11. The second-order valence-corrected chi connectivity index (χ2v) is 5.13. The van der Waals surface area contributed by atoms with Crippen molar-refractivity contribution in [1.82, 2.24) is 0 Å². The smallest absolute Gasteiger partial charge is 0.136 e. The average Bonchev–Trinajstić information content (AvgIpc) is 2.38. The SMILES string of the molecule is Cc1cccc(C(CN)Oc2ccc(Br)cc2)c1. The van der Waals surface area contributed by atoms with E-state index in [0.717, 1.165) is 15.8 Å². The lowest BCUT2D eigenvalue weighted by Crippen LogP contribution is -2.18. The lowest BCUT2D eigenvalue weighted by molar-refractivity contribution is 0.214. The van der Waals surface area contributed by atoms with Gasteiger partial charge in [0.25, 0.3) is 0 Å². The van der Waals surface area contributed by atoms with E-state index in [0.29, 0.717) is 6.54 Å². The Bertz CT molecular complexity index is 510. The van der Waals surface area contributed by atoms with E-state index in [-0.39, 0.29) is 6.10 Å². The number of halogens is 1. The number of hydrogen-bond acceptors (Lipinski definition) is 2. The summed E-state index contributed by atoms with van der Waals surface area (Å²) in [6, 6.07) is 16.0. The molecule has 0 amide bonds. The van der Waals surface area contributed by atoms with Gasteiger partial charge in [0.1, 0.15) is 11.9 Å². The average molecular weight is 306 g/mol. The Morgan fingerprint density at radius 1 is 1.17 bits per heavy atom. The zero-order valence-electron chi connectivity index (χ0n) is 10.3. The first kappa shape index (κ1) is 13.1. The van der Waals surface area contributed by atoms with Crippen LogP contribution >= 0.6 is 15.9 Å². The fourth-order valence-electron chi connectivity index (χ4n) is 1.80. The van der Waals surface area contributed by atoms with Crippen molar-refractivity contribution in [3.63, 3.8) is 0 Å². The summed E-state index contributed by atoms with van der Waals surface area (Å²) in [5, 5.41) is 0. The molecule has 2 rings (SSSR count). The topological polar surface area (TPSA) is 35.2 Å². The van der Waals surface area contributed by atoms with Crippen molar-refractivity contribution in [1.29, 1.82) is 0 Å². The minimum absolute atomic E-state index is 0.105. The largest absolute Gasteiger partial charge is 0.484 e. The molecule has 0 bridgehead atoms. The maximum Gasteiger partial charge on any atom is 0.136 e. The maximum atomic E-state index is 5.91. The standard InChI is InChI=1S/C15H16BrNO/c1-11-3-2-4-12(9-11)15(10-17)18-14-7-5-13(16)6-8-14/h2-9,15H,10,17H2,1H3. The van der Waals surface area contributed by atoms with Crippen LogP contribution in [0.5, 0.6) is 5.75 Å². The molecule has 18 heavy (non-hydrogen) atoms. The molecular formula is C15H16BrNO. The summed E-state index contributed by atoms with van der Waals surface area (Å²) in [4.78, 5) is 0. The molecule has 0 spiro atoms. The maximum absolute atomic E-state index is 5.91. The molecule has 0 aromatic heterocycles. The molecule has 0 fully saturated rings. The van der Waals surface area contributed by atoms with Gasteiger partial charge < -0.3 is 10.5 Å². The fraction of sp³-hybridized carbons (Fsp3) is 0.200. The van der Waals surface area contributed by atoms with Gasteiger partial charge in [-0.3, -0.25) is 0 Å². The summed E-state index contributed by atoms with van der Waals surface area (Å²) in [5.74, 6) is 0.829. The molecule has 0 aliphatic rings. The summed E-state index contributed by atoms with van der Waals surface area (Å²) < 4.78 is 6.95. The number of aryl methyl sites for hydroxylation is 1. The second-order valence-electron chi connectivity index (χ2n) is 4.21. The Labute approximate surface area is 116 Å². The zero-order valence-corrected chi connectivity index (χ0v) is 11.9. The van der Waals surface area contributed by atoms with E-state index in [1.54, 1.807) is 0 Å². The number of hydrogen-bond donors (Lipinski definition) is 1. The molecule has 0 radical (unpaired) electrons. The summed E-state index contributed by atoms with van der Waals surface area (Å²) >= 11 is 3.40. The van der Waals surface area contributed by atoms with Crippen molar-refractivity contribution in [2.75, 3.05) is 6.54 Å². The van der Waals surface area contributed by atoms with Gasteiger partial charge in [0.2, 0.25) is 0 Å². The van der Waals surface area contributed by atoms with Crippen LogP contribution in [0.25, 0.3) is 0 Å². The Hall–Kier alpha value is -1.32. The lowest BCUT2D eigenvalue weighted by atomic mass is 10.1. The number of rotatable bonds is 4. The van der Waals surface area contributed by atoms with Gasteiger partial charge in [-0.1, -0.05) is 45.8 Å². The van der Waals surface area contributed by atoms with Gasteiger partial charge in [0.15, 0.2) is 0 Å². The fourth-order valence-corrected chi connectivity index (χ4v) is 2.06. The molecule has 2 aromatic carbocycles. The first-order chi connectivity index (χ1) is 8.69. The van der Waals surface area contributed by atoms with E-state index >= 15 is 0 Å². The van der Waals surface area contributed by atoms with Gasteiger partial charge in [-0.2, -0.15) is 0 Å². The van der Waals surface area contributed by atoms with Crippen LogP contribution in [0.3, 0.4) is 0 Å². The van der Waals surface area contributed by atoms with Crippen molar-refractivity contribution in [3.05, 3.63) is 64.1 Å². The van der Waals surface area contributed by atoms with E-state index in [4.69, 9.17) is 10.5 Å². The van der Waals surface area contributed by atoms with Crippen LogP contribution in [-0.2, 0) is 0 Å². The van der Waals surface area contributed by atoms with Crippen molar-refractivity contribution in [2.24, 2.45) is 5.73 Å². The predicted octanol–water partition coefficient (Wildman–Crippen LogP) is 3.84. The van der Waals surface area contributed by atoms with Crippen LogP contribution in [0.15, 0.2) is 53.0 Å². The first-order valence-corrected chi connectivity index (χ1v) is 6.67. The van der Waals surface area contributed by atoms with Crippen molar-refractivity contribution >= 4 is 15.9 Å². The molecule has 2 nitrogen and oxygen atoms in total. The summed E-state index contributed by atoms with van der Waals surface area (Å²) in [7, 11) is 0. The number of ether oxygens (including phenoxy) is 1.